The zero-order valence-electron chi connectivity index (χ0n) is 15.6. The van der Waals surface area contributed by atoms with E-state index in [2.05, 4.69) is 10.1 Å². The normalized spacial score (nSPS) is 15.8. The highest BCUT2D eigenvalue weighted by Gasteiger charge is 2.27. The molecule has 1 saturated heterocycles. The number of rotatable bonds is 4. The second-order valence-corrected chi connectivity index (χ2v) is 7.29. The summed E-state index contributed by atoms with van der Waals surface area (Å²) >= 11 is 0. The molecule has 0 aliphatic carbocycles. The summed E-state index contributed by atoms with van der Waals surface area (Å²) in [5.74, 6) is -1.40. The lowest BCUT2D eigenvalue weighted by atomic mass is 10.1. The van der Waals surface area contributed by atoms with Crippen LogP contribution >= 0.6 is 0 Å². The van der Waals surface area contributed by atoms with Gasteiger partial charge in [-0.15, -0.1) is 0 Å². The molecular weight excluding hydrogens is 378 g/mol. The van der Waals surface area contributed by atoms with Crippen LogP contribution < -0.4 is 9.80 Å². The van der Waals surface area contributed by atoms with E-state index in [4.69, 9.17) is 4.52 Å². The molecule has 8 heteroatoms. The lowest BCUT2D eigenvalue weighted by Gasteiger charge is -2.18. The van der Waals surface area contributed by atoms with Crippen molar-refractivity contribution < 1.29 is 18.1 Å². The van der Waals surface area contributed by atoms with Crippen LogP contribution in [0, 0.1) is 11.6 Å². The third-order valence-electron chi connectivity index (χ3n) is 5.50. The number of anilines is 3. The van der Waals surface area contributed by atoms with Gasteiger partial charge >= 0.3 is 0 Å². The van der Waals surface area contributed by atoms with E-state index in [1.165, 1.54) is 12.1 Å². The molecule has 6 nitrogen and oxygen atoms in total. The molecule has 1 aromatic heterocycles. The van der Waals surface area contributed by atoms with Crippen LogP contribution in [0.4, 0.5) is 26.1 Å². The standard InChI is InChI=1S/C21H18F2N4O2/c22-16-10-15(26-6-1-2-7-26)11-17(23)19(16)20-24-21(25-29-20)27-8-5-14-9-13(12-28)3-4-18(14)27/h3-4,9-12H,1-2,5-8H2. The molecule has 5 rings (SSSR count). The predicted octanol–water partition coefficient (Wildman–Crippen LogP) is 4.12. The summed E-state index contributed by atoms with van der Waals surface area (Å²) < 4.78 is 34.6. The van der Waals surface area contributed by atoms with Crippen LogP contribution in [0.3, 0.4) is 0 Å². The molecule has 0 bridgehead atoms. The van der Waals surface area contributed by atoms with E-state index in [-0.39, 0.29) is 17.4 Å². The second kappa shape index (κ2) is 6.95. The first kappa shape index (κ1) is 17.8. The van der Waals surface area contributed by atoms with Crippen molar-refractivity contribution in [2.75, 3.05) is 29.4 Å². The molecule has 0 radical (unpaired) electrons. The molecule has 0 unspecified atom stereocenters. The van der Waals surface area contributed by atoms with Gasteiger partial charge in [-0.1, -0.05) is 0 Å². The molecule has 0 N–H and O–H groups in total. The van der Waals surface area contributed by atoms with Crippen LogP contribution in [-0.4, -0.2) is 36.1 Å². The van der Waals surface area contributed by atoms with Gasteiger partial charge in [0.15, 0.2) is 0 Å². The van der Waals surface area contributed by atoms with Crippen LogP contribution in [-0.2, 0) is 6.42 Å². The van der Waals surface area contributed by atoms with Crippen molar-refractivity contribution in [3.05, 3.63) is 53.1 Å². The number of aldehydes is 1. The summed E-state index contributed by atoms with van der Waals surface area (Å²) in [5, 5.41) is 3.92. The van der Waals surface area contributed by atoms with Crippen molar-refractivity contribution in [2.24, 2.45) is 0 Å². The molecule has 1 fully saturated rings. The minimum Gasteiger partial charge on any atom is -0.371 e. The highest BCUT2D eigenvalue weighted by molar-refractivity contribution is 5.78. The first-order valence-electron chi connectivity index (χ1n) is 9.58. The van der Waals surface area contributed by atoms with Crippen molar-refractivity contribution >= 4 is 23.6 Å². The number of carbonyl (C=O) groups excluding carboxylic acids is 1. The fourth-order valence-corrected chi connectivity index (χ4v) is 4.05. The number of halogens is 2. The van der Waals surface area contributed by atoms with E-state index < -0.39 is 11.6 Å². The lowest BCUT2D eigenvalue weighted by Crippen LogP contribution is -2.18. The van der Waals surface area contributed by atoms with Crippen molar-refractivity contribution in [3.8, 4) is 11.5 Å². The Balaban J connectivity index is 1.46. The SMILES string of the molecule is O=Cc1ccc2c(c1)CCN2c1noc(-c2c(F)cc(N3CCCC3)cc2F)n1. The van der Waals surface area contributed by atoms with Crippen LogP contribution in [0.15, 0.2) is 34.9 Å². The van der Waals surface area contributed by atoms with Crippen molar-refractivity contribution in [1.29, 1.82) is 0 Å². The van der Waals surface area contributed by atoms with E-state index in [9.17, 15) is 13.6 Å². The molecule has 3 heterocycles. The average Bonchev–Trinajstić information content (AvgIpc) is 3.47. The maximum Gasteiger partial charge on any atom is 0.270 e. The van der Waals surface area contributed by atoms with Crippen LogP contribution in [0.5, 0.6) is 0 Å². The quantitative estimate of drug-likeness (QED) is 0.618. The predicted molar refractivity (Wildman–Crippen MR) is 104 cm³/mol. The highest BCUT2D eigenvalue weighted by atomic mass is 19.1. The molecular formula is C21H18F2N4O2. The van der Waals surface area contributed by atoms with E-state index in [1.54, 1.807) is 6.07 Å². The number of nitrogens with zero attached hydrogens (tertiary/aromatic N) is 4. The Morgan fingerprint density at radius 1 is 1.03 bits per heavy atom. The number of aromatic nitrogens is 2. The van der Waals surface area contributed by atoms with E-state index in [0.29, 0.717) is 24.2 Å². The summed E-state index contributed by atoms with van der Waals surface area (Å²) in [4.78, 5) is 19.0. The molecule has 0 amide bonds. The van der Waals surface area contributed by atoms with Crippen LogP contribution in [0.2, 0.25) is 0 Å². The smallest absolute Gasteiger partial charge is 0.270 e. The molecule has 0 spiro atoms. The van der Waals surface area contributed by atoms with Gasteiger partial charge in [0.25, 0.3) is 11.8 Å². The van der Waals surface area contributed by atoms with Gasteiger partial charge in [0, 0.05) is 36.6 Å². The molecule has 2 aromatic carbocycles. The van der Waals surface area contributed by atoms with Gasteiger partial charge < -0.3 is 14.3 Å². The zero-order valence-corrected chi connectivity index (χ0v) is 15.6. The van der Waals surface area contributed by atoms with Gasteiger partial charge in [0.2, 0.25) is 0 Å². The Morgan fingerprint density at radius 2 is 1.79 bits per heavy atom. The van der Waals surface area contributed by atoms with E-state index in [1.807, 2.05) is 21.9 Å². The molecule has 148 valence electrons. The Kier molecular flexibility index (Phi) is 4.26. The summed E-state index contributed by atoms with van der Waals surface area (Å²) in [6.45, 7) is 2.18. The van der Waals surface area contributed by atoms with Gasteiger partial charge in [-0.3, -0.25) is 4.79 Å². The Hall–Kier alpha value is -3.29. The largest absolute Gasteiger partial charge is 0.371 e. The molecule has 0 atom stereocenters. The Bertz CT molecular complexity index is 1070. The maximum atomic E-state index is 14.7. The number of fused-ring (bicyclic) bond motifs is 1. The van der Waals surface area contributed by atoms with Gasteiger partial charge in [0.05, 0.1) is 0 Å². The molecule has 2 aliphatic heterocycles. The third-order valence-corrected chi connectivity index (χ3v) is 5.50. The van der Waals surface area contributed by atoms with Crippen molar-refractivity contribution in [1.82, 2.24) is 10.1 Å². The minimum atomic E-state index is -0.723. The summed E-state index contributed by atoms with van der Waals surface area (Å²) in [7, 11) is 0. The fourth-order valence-electron chi connectivity index (χ4n) is 4.05. The zero-order chi connectivity index (χ0) is 20.0. The number of hydrogen-bond acceptors (Lipinski definition) is 6. The van der Waals surface area contributed by atoms with Gasteiger partial charge in [-0.25, -0.2) is 8.78 Å². The first-order chi connectivity index (χ1) is 14.1. The van der Waals surface area contributed by atoms with Gasteiger partial charge in [-0.2, -0.15) is 4.98 Å². The fraction of sp³-hybridized carbons (Fsp3) is 0.286. The number of carbonyl (C=O) groups is 1. The maximum absolute atomic E-state index is 14.7. The Labute approximate surface area is 165 Å². The van der Waals surface area contributed by atoms with Crippen molar-refractivity contribution in [2.45, 2.75) is 19.3 Å². The third kappa shape index (κ3) is 3.04. The molecule has 2 aliphatic rings. The number of hydrogen-bond donors (Lipinski definition) is 0. The highest BCUT2D eigenvalue weighted by Crippen LogP contribution is 2.36. The summed E-state index contributed by atoms with van der Waals surface area (Å²) in [6, 6.07) is 7.98. The number of benzene rings is 2. The molecule has 0 saturated carbocycles. The average molecular weight is 396 g/mol. The molecule has 29 heavy (non-hydrogen) atoms. The van der Waals surface area contributed by atoms with Crippen molar-refractivity contribution in [3.63, 3.8) is 0 Å². The summed E-state index contributed by atoms with van der Waals surface area (Å²) in [5.41, 5.74) is 2.66. The van der Waals surface area contributed by atoms with Gasteiger partial charge in [0.1, 0.15) is 23.5 Å². The van der Waals surface area contributed by atoms with Gasteiger partial charge in [-0.05, 0) is 60.3 Å². The second-order valence-electron chi connectivity index (χ2n) is 7.29. The monoisotopic (exact) mass is 396 g/mol. The summed E-state index contributed by atoms with van der Waals surface area (Å²) in [6.07, 6.45) is 3.55. The van der Waals surface area contributed by atoms with Crippen LogP contribution in [0.25, 0.3) is 11.5 Å². The van der Waals surface area contributed by atoms with Crippen LogP contribution in [0.1, 0.15) is 28.8 Å². The Morgan fingerprint density at radius 3 is 2.52 bits per heavy atom. The first-order valence-corrected chi connectivity index (χ1v) is 9.58. The van der Waals surface area contributed by atoms with E-state index >= 15 is 0 Å². The van der Waals surface area contributed by atoms with E-state index in [0.717, 1.165) is 43.5 Å². The topological polar surface area (TPSA) is 62.5 Å². The lowest BCUT2D eigenvalue weighted by molar-refractivity contribution is 0.112. The minimum absolute atomic E-state index is 0.194. The molecule has 3 aromatic rings.